The molecular formula is C16H26N2. The Bertz CT molecular complexity index is 358. The molecule has 2 rings (SSSR count). The molecule has 2 N–H and O–H groups in total. The lowest BCUT2D eigenvalue weighted by Crippen LogP contribution is -2.33. The van der Waals surface area contributed by atoms with Crippen molar-refractivity contribution in [3.05, 3.63) is 34.9 Å². The van der Waals surface area contributed by atoms with Crippen molar-refractivity contribution in [3.8, 4) is 0 Å². The Hall–Kier alpha value is -0.860. The number of rotatable bonds is 4. The van der Waals surface area contributed by atoms with Crippen molar-refractivity contribution < 1.29 is 0 Å². The van der Waals surface area contributed by atoms with E-state index in [9.17, 15) is 0 Å². The van der Waals surface area contributed by atoms with Gasteiger partial charge in [-0.25, -0.2) is 0 Å². The Morgan fingerprint density at radius 3 is 2.28 bits per heavy atom. The minimum absolute atomic E-state index is 0.849. The lowest BCUT2D eigenvalue weighted by molar-refractivity contribution is 0.173. The maximum Gasteiger partial charge on any atom is 0.0233 e. The SMILES string of the molecule is Cc1cc(C)cc(CN2CCC(CCN)CC2)c1. The molecule has 1 aliphatic heterocycles. The second kappa shape index (κ2) is 6.35. The molecule has 1 saturated heterocycles. The predicted molar refractivity (Wildman–Crippen MR) is 77.6 cm³/mol. The average molecular weight is 246 g/mol. The Balaban J connectivity index is 1.87. The molecule has 2 nitrogen and oxygen atoms in total. The monoisotopic (exact) mass is 246 g/mol. The van der Waals surface area contributed by atoms with Gasteiger partial charge in [0.25, 0.3) is 0 Å². The van der Waals surface area contributed by atoms with Gasteiger partial charge in [0.15, 0.2) is 0 Å². The van der Waals surface area contributed by atoms with E-state index in [1.54, 1.807) is 0 Å². The second-order valence-corrected chi connectivity index (χ2v) is 5.79. The molecule has 1 heterocycles. The van der Waals surface area contributed by atoms with E-state index < -0.39 is 0 Å². The van der Waals surface area contributed by atoms with E-state index in [4.69, 9.17) is 5.73 Å². The number of likely N-dealkylation sites (tertiary alicyclic amines) is 1. The highest BCUT2D eigenvalue weighted by Gasteiger charge is 2.18. The first kappa shape index (κ1) is 13.6. The first-order valence-corrected chi connectivity index (χ1v) is 7.17. The lowest BCUT2D eigenvalue weighted by atomic mass is 9.93. The molecule has 0 unspecified atom stereocenters. The van der Waals surface area contributed by atoms with Gasteiger partial charge in [0.05, 0.1) is 0 Å². The molecule has 0 saturated carbocycles. The molecule has 18 heavy (non-hydrogen) atoms. The summed E-state index contributed by atoms with van der Waals surface area (Å²) < 4.78 is 0. The normalized spacial score (nSPS) is 18.2. The summed E-state index contributed by atoms with van der Waals surface area (Å²) in [4.78, 5) is 2.58. The van der Waals surface area contributed by atoms with Crippen LogP contribution in [0.5, 0.6) is 0 Å². The summed E-state index contributed by atoms with van der Waals surface area (Å²) in [5.74, 6) is 0.866. The molecule has 0 amide bonds. The minimum atomic E-state index is 0.849. The molecule has 1 aliphatic rings. The van der Waals surface area contributed by atoms with Gasteiger partial charge >= 0.3 is 0 Å². The van der Waals surface area contributed by atoms with Crippen LogP contribution in [0.1, 0.15) is 36.0 Å². The van der Waals surface area contributed by atoms with Crippen molar-refractivity contribution in [2.24, 2.45) is 11.7 Å². The summed E-state index contributed by atoms with van der Waals surface area (Å²) in [6.07, 6.45) is 3.85. The molecule has 0 spiro atoms. The van der Waals surface area contributed by atoms with E-state index in [1.165, 1.54) is 49.0 Å². The van der Waals surface area contributed by atoms with Crippen molar-refractivity contribution in [2.45, 2.75) is 39.7 Å². The zero-order valence-electron chi connectivity index (χ0n) is 11.8. The van der Waals surface area contributed by atoms with E-state index in [0.29, 0.717) is 0 Å². The Morgan fingerprint density at radius 1 is 1.11 bits per heavy atom. The third kappa shape index (κ3) is 3.82. The van der Waals surface area contributed by atoms with Gasteiger partial charge in [-0.3, -0.25) is 4.90 Å². The van der Waals surface area contributed by atoms with Crippen molar-refractivity contribution in [1.82, 2.24) is 4.90 Å². The summed E-state index contributed by atoms with van der Waals surface area (Å²) >= 11 is 0. The van der Waals surface area contributed by atoms with Gasteiger partial charge in [-0.1, -0.05) is 29.3 Å². The fourth-order valence-corrected chi connectivity index (χ4v) is 3.09. The maximum atomic E-state index is 5.64. The number of nitrogens with two attached hydrogens (primary N) is 1. The lowest BCUT2D eigenvalue weighted by Gasteiger charge is -2.32. The molecular weight excluding hydrogens is 220 g/mol. The molecule has 0 bridgehead atoms. The van der Waals surface area contributed by atoms with Gasteiger partial charge in [-0.15, -0.1) is 0 Å². The Labute approximate surface area is 111 Å². The van der Waals surface area contributed by atoms with Gasteiger partial charge < -0.3 is 5.73 Å². The third-order valence-electron chi connectivity index (χ3n) is 3.97. The molecule has 1 fully saturated rings. The van der Waals surface area contributed by atoms with Crippen LogP contribution in [-0.2, 0) is 6.54 Å². The highest BCUT2D eigenvalue weighted by Crippen LogP contribution is 2.21. The van der Waals surface area contributed by atoms with Crippen molar-refractivity contribution in [3.63, 3.8) is 0 Å². The van der Waals surface area contributed by atoms with Crippen LogP contribution in [0.3, 0.4) is 0 Å². The highest BCUT2D eigenvalue weighted by molar-refractivity contribution is 5.28. The van der Waals surface area contributed by atoms with Crippen molar-refractivity contribution >= 4 is 0 Å². The molecule has 1 aromatic carbocycles. The van der Waals surface area contributed by atoms with Crippen LogP contribution in [0.15, 0.2) is 18.2 Å². The van der Waals surface area contributed by atoms with Gasteiger partial charge in [-0.2, -0.15) is 0 Å². The van der Waals surface area contributed by atoms with Crippen LogP contribution >= 0.6 is 0 Å². The number of hydrogen-bond donors (Lipinski definition) is 1. The Morgan fingerprint density at radius 2 is 1.72 bits per heavy atom. The fourth-order valence-electron chi connectivity index (χ4n) is 3.09. The Kier molecular flexibility index (Phi) is 4.79. The van der Waals surface area contributed by atoms with E-state index in [0.717, 1.165) is 19.0 Å². The smallest absolute Gasteiger partial charge is 0.0233 e. The zero-order chi connectivity index (χ0) is 13.0. The zero-order valence-corrected chi connectivity index (χ0v) is 11.8. The topological polar surface area (TPSA) is 29.3 Å². The van der Waals surface area contributed by atoms with Gasteiger partial charge in [0.2, 0.25) is 0 Å². The van der Waals surface area contributed by atoms with E-state index in [1.807, 2.05) is 0 Å². The third-order valence-corrected chi connectivity index (χ3v) is 3.97. The average Bonchev–Trinajstić information content (AvgIpc) is 2.31. The highest BCUT2D eigenvalue weighted by atomic mass is 15.1. The van der Waals surface area contributed by atoms with Crippen LogP contribution in [-0.4, -0.2) is 24.5 Å². The van der Waals surface area contributed by atoms with Crippen LogP contribution in [0.25, 0.3) is 0 Å². The first-order valence-electron chi connectivity index (χ1n) is 7.17. The first-order chi connectivity index (χ1) is 8.67. The summed E-state index contributed by atoms with van der Waals surface area (Å²) in [7, 11) is 0. The molecule has 0 atom stereocenters. The minimum Gasteiger partial charge on any atom is -0.330 e. The van der Waals surface area contributed by atoms with Crippen molar-refractivity contribution in [2.75, 3.05) is 19.6 Å². The predicted octanol–water partition coefficient (Wildman–Crippen LogP) is 2.86. The number of nitrogens with zero attached hydrogens (tertiary/aromatic N) is 1. The molecule has 0 radical (unpaired) electrons. The summed E-state index contributed by atoms with van der Waals surface area (Å²) in [6, 6.07) is 6.88. The summed E-state index contributed by atoms with van der Waals surface area (Å²) in [5.41, 5.74) is 9.86. The molecule has 2 heteroatoms. The van der Waals surface area contributed by atoms with Crippen molar-refractivity contribution in [1.29, 1.82) is 0 Å². The largest absolute Gasteiger partial charge is 0.330 e. The summed E-state index contributed by atoms with van der Waals surface area (Å²) in [6.45, 7) is 8.79. The van der Waals surface area contributed by atoms with Crippen LogP contribution in [0.2, 0.25) is 0 Å². The number of benzene rings is 1. The number of hydrogen-bond acceptors (Lipinski definition) is 2. The second-order valence-electron chi connectivity index (χ2n) is 5.79. The van der Waals surface area contributed by atoms with E-state index in [2.05, 4.69) is 36.9 Å². The van der Waals surface area contributed by atoms with E-state index in [-0.39, 0.29) is 0 Å². The summed E-state index contributed by atoms with van der Waals surface area (Å²) in [5, 5.41) is 0. The van der Waals surface area contributed by atoms with Gasteiger partial charge in [-0.05, 0) is 64.2 Å². The standard InChI is InChI=1S/C16H26N2/c1-13-9-14(2)11-16(10-13)12-18-7-4-15(3-6-17)5-8-18/h9-11,15H,3-8,12,17H2,1-2H3. The molecule has 1 aromatic rings. The molecule has 0 aliphatic carbocycles. The van der Waals surface area contributed by atoms with Gasteiger partial charge in [0, 0.05) is 6.54 Å². The van der Waals surface area contributed by atoms with Crippen LogP contribution < -0.4 is 5.73 Å². The maximum absolute atomic E-state index is 5.64. The quantitative estimate of drug-likeness (QED) is 0.885. The van der Waals surface area contributed by atoms with Gasteiger partial charge in [0.1, 0.15) is 0 Å². The molecule has 0 aromatic heterocycles. The van der Waals surface area contributed by atoms with Crippen LogP contribution in [0, 0.1) is 19.8 Å². The fraction of sp³-hybridized carbons (Fsp3) is 0.625. The number of aryl methyl sites for hydroxylation is 2. The molecule has 100 valence electrons. The number of piperidine rings is 1. The van der Waals surface area contributed by atoms with Crippen LogP contribution in [0.4, 0.5) is 0 Å². The van der Waals surface area contributed by atoms with E-state index >= 15 is 0 Å².